The summed E-state index contributed by atoms with van der Waals surface area (Å²) in [7, 11) is 1.86. The van der Waals surface area contributed by atoms with Gasteiger partial charge < -0.3 is 19.5 Å². The van der Waals surface area contributed by atoms with E-state index in [-0.39, 0.29) is 24.0 Å². The Labute approximate surface area is 219 Å². The standard InChI is InChI=1S/C31H39N3O3/c1-3-34-29-12-10-25(31(37)32(2)26-11-9-22-7-5-4-6-8-24(22)19-26)20-28(29)27(21-30(34)36)23-13-15-33(16-14-23)17-18-35/h9-12,19-21,23,35H,3-8,13-18H2,1-2H3. The van der Waals surface area contributed by atoms with E-state index in [1.165, 1.54) is 30.4 Å². The van der Waals surface area contributed by atoms with E-state index >= 15 is 0 Å². The predicted octanol–water partition coefficient (Wildman–Crippen LogP) is 4.74. The molecule has 2 aliphatic rings. The zero-order chi connectivity index (χ0) is 25.9. The Bertz CT molecular complexity index is 1340. The minimum absolute atomic E-state index is 0.0176. The van der Waals surface area contributed by atoms with Crippen molar-refractivity contribution in [1.82, 2.24) is 9.47 Å². The summed E-state index contributed by atoms with van der Waals surface area (Å²) < 4.78 is 1.80. The van der Waals surface area contributed by atoms with Crippen molar-refractivity contribution in [2.24, 2.45) is 0 Å². The van der Waals surface area contributed by atoms with E-state index in [0.717, 1.165) is 60.9 Å². The number of carbonyl (C=O) groups is 1. The van der Waals surface area contributed by atoms with Crippen molar-refractivity contribution < 1.29 is 9.90 Å². The highest BCUT2D eigenvalue weighted by atomic mass is 16.3. The molecule has 1 N–H and O–H groups in total. The number of aliphatic hydroxyl groups is 1. The Hall–Kier alpha value is -2.96. The molecule has 1 aliphatic heterocycles. The van der Waals surface area contributed by atoms with Crippen LogP contribution in [0.15, 0.2) is 47.3 Å². The van der Waals surface area contributed by atoms with Crippen molar-refractivity contribution in [2.45, 2.75) is 64.3 Å². The molecule has 1 aliphatic carbocycles. The maximum absolute atomic E-state index is 13.7. The molecule has 0 saturated carbocycles. The van der Waals surface area contributed by atoms with Crippen LogP contribution in [0, 0.1) is 0 Å². The molecule has 6 nitrogen and oxygen atoms in total. The molecule has 1 saturated heterocycles. The Morgan fingerprint density at radius 3 is 2.49 bits per heavy atom. The number of hydrogen-bond acceptors (Lipinski definition) is 4. The van der Waals surface area contributed by atoms with E-state index in [9.17, 15) is 14.7 Å². The molecule has 0 radical (unpaired) electrons. The molecule has 2 heterocycles. The third kappa shape index (κ3) is 5.23. The fourth-order valence-electron chi connectivity index (χ4n) is 6.23. The van der Waals surface area contributed by atoms with Crippen molar-refractivity contribution in [3.63, 3.8) is 0 Å². The number of aliphatic hydroxyl groups excluding tert-OH is 1. The third-order valence-corrected chi connectivity index (χ3v) is 8.42. The van der Waals surface area contributed by atoms with Gasteiger partial charge in [-0.25, -0.2) is 0 Å². The molecule has 0 atom stereocenters. The van der Waals surface area contributed by atoms with Crippen LogP contribution in [0.1, 0.15) is 72.0 Å². The van der Waals surface area contributed by atoms with Gasteiger partial charge in [0.2, 0.25) is 0 Å². The molecule has 0 spiro atoms. The first-order chi connectivity index (χ1) is 18.0. The van der Waals surface area contributed by atoms with Gasteiger partial charge >= 0.3 is 0 Å². The van der Waals surface area contributed by atoms with E-state index in [1.54, 1.807) is 15.5 Å². The second kappa shape index (κ2) is 11.2. The SMILES string of the molecule is CCn1c(=O)cc(C2CCN(CCO)CC2)c2cc(C(=O)N(C)c3ccc4c(c3)CCCCC4)ccc21. The van der Waals surface area contributed by atoms with Gasteiger partial charge in [0.25, 0.3) is 11.5 Å². The van der Waals surface area contributed by atoms with Gasteiger partial charge in [0.1, 0.15) is 0 Å². The molecular weight excluding hydrogens is 462 g/mol. The summed E-state index contributed by atoms with van der Waals surface area (Å²) >= 11 is 0. The minimum Gasteiger partial charge on any atom is -0.395 e. The first-order valence-electron chi connectivity index (χ1n) is 13.9. The average Bonchev–Trinajstić information content (AvgIpc) is 3.17. The molecule has 1 fully saturated rings. The van der Waals surface area contributed by atoms with E-state index in [4.69, 9.17) is 0 Å². The van der Waals surface area contributed by atoms with Crippen LogP contribution < -0.4 is 10.5 Å². The number of β-amino-alcohol motifs (C(OH)–C–C–N with tert-alkyl or cyclic N) is 1. The van der Waals surface area contributed by atoms with E-state index in [0.29, 0.717) is 18.7 Å². The highest BCUT2D eigenvalue weighted by Crippen LogP contribution is 2.33. The van der Waals surface area contributed by atoms with Gasteiger partial charge in [0.15, 0.2) is 0 Å². The zero-order valence-corrected chi connectivity index (χ0v) is 22.2. The van der Waals surface area contributed by atoms with Crippen LogP contribution in [0.25, 0.3) is 10.9 Å². The fourth-order valence-corrected chi connectivity index (χ4v) is 6.23. The second-order valence-corrected chi connectivity index (χ2v) is 10.6. The number of anilines is 1. The Balaban J connectivity index is 1.48. The molecule has 0 bridgehead atoms. The van der Waals surface area contributed by atoms with Crippen LogP contribution in [0.4, 0.5) is 5.69 Å². The molecule has 196 valence electrons. The number of fused-ring (bicyclic) bond motifs is 2. The summed E-state index contributed by atoms with van der Waals surface area (Å²) in [4.78, 5) is 30.7. The van der Waals surface area contributed by atoms with Gasteiger partial charge in [-0.15, -0.1) is 0 Å². The number of aromatic nitrogens is 1. The number of benzene rings is 2. The summed E-state index contributed by atoms with van der Waals surface area (Å²) in [6, 6.07) is 14.1. The quantitative estimate of drug-likeness (QED) is 0.496. The third-order valence-electron chi connectivity index (χ3n) is 8.42. The summed E-state index contributed by atoms with van der Waals surface area (Å²) in [5.41, 5.74) is 6.33. The Morgan fingerprint density at radius 1 is 1.00 bits per heavy atom. The summed E-state index contributed by atoms with van der Waals surface area (Å²) in [5, 5.41) is 10.3. The van der Waals surface area contributed by atoms with Gasteiger partial charge in [-0.3, -0.25) is 9.59 Å². The number of hydrogen-bond donors (Lipinski definition) is 1. The lowest BCUT2D eigenvalue weighted by Gasteiger charge is -2.32. The highest BCUT2D eigenvalue weighted by molar-refractivity contribution is 6.07. The number of aryl methyl sites for hydroxylation is 3. The number of rotatable bonds is 6. The highest BCUT2D eigenvalue weighted by Gasteiger charge is 2.24. The minimum atomic E-state index is -0.0339. The monoisotopic (exact) mass is 501 g/mol. The van der Waals surface area contributed by atoms with Crippen molar-refractivity contribution in [2.75, 3.05) is 38.2 Å². The number of likely N-dealkylation sites (tertiary alicyclic amines) is 1. The zero-order valence-electron chi connectivity index (χ0n) is 22.2. The number of nitrogens with zero attached hydrogens (tertiary/aromatic N) is 3. The summed E-state index contributed by atoms with van der Waals surface area (Å²) in [6.07, 6.45) is 7.80. The number of piperidine rings is 1. The van der Waals surface area contributed by atoms with Crippen LogP contribution in [-0.2, 0) is 19.4 Å². The topological polar surface area (TPSA) is 65.8 Å². The van der Waals surface area contributed by atoms with Gasteiger partial charge in [-0.05, 0) is 111 Å². The number of pyridine rings is 1. The summed E-state index contributed by atoms with van der Waals surface area (Å²) in [6.45, 7) is 5.25. The van der Waals surface area contributed by atoms with E-state index < -0.39 is 0 Å². The molecule has 5 rings (SSSR count). The molecule has 6 heteroatoms. The second-order valence-electron chi connectivity index (χ2n) is 10.6. The molecule has 37 heavy (non-hydrogen) atoms. The molecule has 1 aromatic heterocycles. The van der Waals surface area contributed by atoms with Gasteiger partial charge in [-0.1, -0.05) is 12.5 Å². The molecule has 1 amide bonds. The molecule has 2 aromatic carbocycles. The first-order valence-corrected chi connectivity index (χ1v) is 13.9. The molecule has 0 unspecified atom stereocenters. The maximum atomic E-state index is 13.7. The number of amides is 1. The van der Waals surface area contributed by atoms with Crippen LogP contribution in [0.5, 0.6) is 0 Å². The van der Waals surface area contributed by atoms with Crippen molar-refractivity contribution in [3.8, 4) is 0 Å². The van der Waals surface area contributed by atoms with Crippen LogP contribution in [0.3, 0.4) is 0 Å². The van der Waals surface area contributed by atoms with Crippen molar-refractivity contribution in [3.05, 3.63) is 75.1 Å². The van der Waals surface area contributed by atoms with Crippen molar-refractivity contribution >= 4 is 22.5 Å². The van der Waals surface area contributed by atoms with E-state index in [2.05, 4.69) is 23.1 Å². The smallest absolute Gasteiger partial charge is 0.258 e. The van der Waals surface area contributed by atoms with Crippen LogP contribution in [-0.4, -0.2) is 53.8 Å². The lowest BCUT2D eigenvalue weighted by molar-refractivity contribution is 0.0993. The number of carbonyl (C=O) groups excluding carboxylic acids is 1. The van der Waals surface area contributed by atoms with Crippen LogP contribution in [0.2, 0.25) is 0 Å². The molecular formula is C31H39N3O3. The summed E-state index contributed by atoms with van der Waals surface area (Å²) in [5.74, 6) is 0.234. The maximum Gasteiger partial charge on any atom is 0.258 e. The average molecular weight is 502 g/mol. The van der Waals surface area contributed by atoms with Crippen LogP contribution >= 0.6 is 0 Å². The normalized spacial score (nSPS) is 16.9. The lowest BCUT2D eigenvalue weighted by Crippen LogP contribution is -2.35. The predicted molar refractivity (Wildman–Crippen MR) is 150 cm³/mol. The molecule has 3 aromatic rings. The van der Waals surface area contributed by atoms with Gasteiger partial charge in [0, 0.05) is 42.8 Å². The van der Waals surface area contributed by atoms with E-state index in [1.807, 2.05) is 32.2 Å². The lowest BCUT2D eigenvalue weighted by atomic mass is 9.87. The van der Waals surface area contributed by atoms with Gasteiger partial charge in [-0.2, -0.15) is 0 Å². The first kappa shape index (κ1) is 25.7. The largest absolute Gasteiger partial charge is 0.395 e. The Morgan fingerprint density at radius 2 is 1.76 bits per heavy atom. The fraction of sp³-hybridized carbons (Fsp3) is 0.484. The van der Waals surface area contributed by atoms with Crippen molar-refractivity contribution in [1.29, 1.82) is 0 Å². The Kier molecular flexibility index (Phi) is 7.77. The van der Waals surface area contributed by atoms with Gasteiger partial charge in [0.05, 0.1) is 12.1 Å².